The molecule has 0 bridgehead atoms. The van der Waals surface area contributed by atoms with E-state index in [1.807, 2.05) is 39.8 Å². The van der Waals surface area contributed by atoms with Gasteiger partial charge in [0.2, 0.25) is 0 Å². The molecule has 30 heavy (non-hydrogen) atoms. The third-order valence-electron chi connectivity index (χ3n) is 4.51. The molecule has 1 aromatic heterocycles. The Hall–Kier alpha value is -3.23. The summed E-state index contributed by atoms with van der Waals surface area (Å²) >= 11 is 0. The zero-order valence-corrected chi connectivity index (χ0v) is 18.1. The molecule has 0 atom stereocenters. The van der Waals surface area contributed by atoms with Crippen molar-refractivity contribution < 1.29 is 19.1 Å². The number of aryl methyl sites for hydroxylation is 1. The normalized spacial score (nSPS) is 13.4. The standard InChI is InChI=1S/C21H29N5O4/c1-6-29-17-10-8-7-9-16(17)22-19(27)23-18-14-13-26(20(28)30-21(2,3)4)12-11-15(14)24-25(18)5/h7-10H,6,11-13H2,1-5H3,(H2,22,23,27). The Morgan fingerprint density at radius 1 is 1.20 bits per heavy atom. The molecule has 3 amide bonds. The third kappa shape index (κ3) is 5.03. The zero-order valence-electron chi connectivity index (χ0n) is 18.1. The summed E-state index contributed by atoms with van der Waals surface area (Å²) < 4.78 is 12.7. The number of aromatic nitrogens is 2. The first kappa shape index (κ1) is 21.5. The number of benzene rings is 1. The molecule has 0 radical (unpaired) electrons. The number of para-hydroxylation sites is 2. The number of anilines is 2. The average Bonchev–Trinajstić information content (AvgIpc) is 2.97. The summed E-state index contributed by atoms with van der Waals surface area (Å²) in [5.74, 6) is 1.14. The maximum Gasteiger partial charge on any atom is 0.410 e. The highest BCUT2D eigenvalue weighted by Gasteiger charge is 2.30. The SMILES string of the molecule is CCOc1ccccc1NC(=O)Nc1c2c(nn1C)CCN(C(=O)OC(C)(C)C)C2. The highest BCUT2D eigenvalue weighted by molar-refractivity contribution is 6.00. The Balaban J connectivity index is 1.74. The van der Waals surface area contributed by atoms with Gasteiger partial charge in [0.05, 0.1) is 24.5 Å². The number of ether oxygens (including phenoxy) is 2. The minimum atomic E-state index is -0.568. The number of fused-ring (bicyclic) bond motifs is 1. The maximum absolute atomic E-state index is 12.7. The van der Waals surface area contributed by atoms with Gasteiger partial charge in [-0.25, -0.2) is 9.59 Å². The molecule has 1 aliphatic heterocycles. The van der Waals surface area contributed by atoms with E-state index in [0.717, 1.165) is 11.3 Å². The minimum Gasteiger partial charge on any atom is -0.492 e. The van der Waals surface area contributed by atoms with Gasteiger partial charge >= 0.3 is 12.1 Å². The molecule has 0 saturated heterocycles. The lowest BCUT2D eigenvalue weighted by atomic mass is 10.1. The first-order valence-electron chi connectivity index (χ1n) is 10.0. The van der Waals surface area contributed by atoms with Crippen LogP contribution in [-0.4, -0.2) is 45.6 Å². The summed E-state index contributed by atoms with van der Waals surface area (Å²) in [7, 11) is 1.76. The highest BCUT2D eigenvalue weighted by Crippen LogP contribution is 2.28. The second kappa shape index (κ2) is 8.64. The molecule has 1 aliphatic rings. The van der Waals surface area contributed by atoms with E-state index in [1.54, 1.807) is 28.8 Å². The Bertz CT molecular complexity index is 932. The van der Waals surface area contributed by atoms with Crippen LogP contribution in [0.1, 0.15) is 39.0 Å². The number of hydrogen-bond donors (Lipinski definition) is 2. The average molecular weight is 415 g/mol. The molecule has 9 heteroatoms. The molecule has 1 aromatic carbocycles. The predicted molar refractivity (Wildman–Crippen MR) is 114 cm³/mol. The van der Waals surface area contributed by atoms with Crippen molar-refractivity contribution in [2.45, 2.75) is 46.3 Å². The zero-order chi connectivity index (χ0) is 21.9. The highest BCUT2D eigenvalue weighted by atomic mass is 16.6. The molecular weight excluding hydrogens is 386 g/mol. The van der Waals surface area contributed by atoms with Crippen molar-refractivity contribution >= 4 is 23.6 Å². The smallest absolute Gasteiger partial charge is 0.410 e. The summed E-state index contributed by atoms with van der Waals surface area (Å²) in [6, 6.07) is 6.82. The van der Waals surface area contributed by atoms with Gasteiger partial charge in [0.15, 0.2) is 0 Å². The van der Waals surface area contributed by atoms with Crippen LogP contribution in [0.5, 0.6) is 5.75 Å². The van der Waals surface area contributed by atoms with Crippen molar-refractivity contribution in [3.05, 3.63) is 35.5 Å². The Labute approximate surface area is 176 Å². The van der Waals surface area contributed by atoms with Crippen molar-refractivity contribution in [3.63, 3.8) is 0 Å². The minimum absolute atomic E-state index is 0.323. The summed E-state index contributed by atoms with van der Waals surface area (Å²) in [5, 5.41) is 10.2. The van der Waals surface area contributed by atoms with Crippen LogP contribution in [0.2, 0.25) is 0 Å². The monoisotopic (exact) mass is 415 g/mol. The van der Waals surface area contributed by atoms with Gasteiger partial charge in [-0.05, 0) is 39.8 Å². The van der Waals surface area contributed by atoms with Gasteiger partial charge in [-0.3, -0.25) is 10.00 Å². The number of amides is 3. The maximum atomic E-state index is 12.7. The van der Waals surface area contributed by atoms with Crippen LogP contribution >= 0.6 is 0 Å². The Morgan fingerprint density at radius 2 is 1.93 bits per heavy atom. The fraction of sp³-hybridized carbons (Fsp3) is 0.476. The molecule has 2 heterocycles. The number of rotatable bonds is 4. The molecular formula is C21H29N5O4. The van der Waals surface area contributed by atoms with Crippen molar-refractivity contribution in [1.82, 2.24) is 14.7 Å². The van der Waals surface area contributed by atoms with Gasteiger partial charge in [0.25, 0.3) is 0 Å². The molecule has 3 rings (SSSR count). The number of nitrogens with one attached hydrogen (secondary N) is 2. The lowest BCUT2D eigenvalue weighted by Crippen LogP contribution is -2.40. The molecule has 2 N–H and O–H groups in total. The number of carbonyl (C=O) groups excluding carboxylic acids is 2. The third-order valence-corrected chi connectivity index (χ3v) is 4.51. The number of carbonyl (C=O) groups is 2. The fourth-order valence-corrected chi connectivity index (χ4v) is 3.25. The summed E-state index contributed by atoms with van der Waals surface area (Å²) in [6.45, 7) is 8.73. The second-order valence-corrected chi connectivity index (χ2v) is 8.06. The lowest BCUT2D eigenvalue weighted by Gasteiger charge is -2.29. The molecule has 0 aliphatic carbocycles. The van der Waals surface area contributed by atoms with Gasteiger partial charge in [-0.15, -0.1) is 0 Å². The summed E-state index contributed by atoms with van der Waals surface area (Å²) in [6.07, 6.45) is 0.219. The number of urea groups is 1. The quantitative estimate of drug-likeness (QED) is 0.792. The first-order valence-corrected chi connectivity index (χ1v) is 10.0. The van der Waals surface area contributed by atoms with Crippen LogP contribution in [0.15, 0.2) is 24.3 Å². The summed E-state index contributed by atoms with van der Waals surface area (Å²) in [5.41, 5.74) is 1.68. The molecule has 2 aromatic rings. The van der Waals surface area contributed by atoms with E-state index in [1.165, 1.54) is 0 Å². The van der Waals surface area contributed by atoms with Crippen molar-refractivity contribution in [2.24, 2.45) is 7.05 Å². The van der Waals surface area contributed by atoms with Gasteiger partial charge < -0.3 is 19.7 Å². The van der Waals surface area contributed by atoms with E-state index >= 15 is 0 Å². The summed E-state index contributed by atoms with van der Waals surface area (Å²) in [4.78, 5) is 26.7. The van der Waals surface area contributed by atoms with Crippen LogP contribution in [0, 0.1) is 0 Å². The van der Waals surface area contributed by atoms with Crippen LogP contribution in [0.4, 0.5) is 21.1 Å². The van der Waals surface area contributed by atoms with E-state index in [0.29, 0.717) is 43.4 Å². The molecule has 0 saturated carbocycles. The second-order valence-electron chi connectivity index (χ2n) is 8.06. The van der Waals surface area contributed by atoms with Gasteiger partial charge in [-0.1, -0.05) is 12.1 Å². The molecule has 0 unspecified atom stereocenters. The molecule has 162 valence electrons. The Morgan fingerprint density at radius 3 is 2.63 bits per heavy atom. The van der Waals surface area contributed by atoms with Gasteiger partial charge in [0.1, 0.15) is 17.2 Å². The Kier molecular flexibility index (Phi) is 6.19. The van der Waals surface area contributed by atoms with Crippen molar-refractivity contribution in [1.29, 1.82) is 0 Å². The predicted octanol–water partition coefficient (Wildman–Crippen LogP) is 3.76. The molecule has 9 nitrogen and oxygen atoms in total. The molecule has 0 fully saturated rings. The fourth-order valence-electron chi connectivity index (χ4n) is 3.25. The van der Waals surface area contributed by atoms with Crippen LogP contribution < -0.4 is 15.4 Å². The molecule has 0 spiro atoms. The van der Waals surface area contributed by atoms with E-state index in [2.05, 4.69) is 15.7 Å². The van der Waals surface area contributed by atoms with E-state index in [4.69, 9.17) is 9.47 Å². The van der Waals surface area contributed by atoms with E-state index in [9.17, 15) is 9.59 Å². The van der Waals surface area contributed by atoms with Gasteiger partial charge in [0, 0.05) is 25.6 Å². The first-order chi connectivity index (χ1) is 14.2. The van der Waals surface area contributed by atoms with Crippen LogP contribution in [-0.2, 0) is 24.8 Å². The van der Waals surface area contributed by atoms with E-state index in [-0.39, 0.29) is 6.09 Å². The van der Waals surface area contributed by atoms with E-state index < -0.39 is 11.6 Å². The van der Waals surface area contributed by atoms with Gasteiger partial charge in [-0.2, -0.15) is 5.10 Å². The number of nitrogens with zero attached hydrogens (tertiary/aromatic N) is 3. The van der Waals surface area contributed by atoms with Crippen LogP contribution in [0.25, 0.3) is 0 Å². The topological polar surface area (TPSA) is 97.7 Å². The van der Waals surface area contributed by atoms with Crippen molar-refractivity contribution in [2.75, 3.05) is 23.8 Å². The van der Waals surface area contributed by atoms with Crippen LogP contribution in [0.3, 0.4) is 0 Å². The largest absolute Gasteiger partial charge is 0.492 e. The number of hydrogen-bond acceptors (Lipinski definition) is 5. The van der Waals surface area contributed by atoms with Crippen molar-refractivity contribution in [3.8, 4) is 5.75 Å². The lowest BCUT2D eigenvalue weighted by molar-refractivity contribution is 0.0224.